The zero-order valence-corrected chi connectivity index (χ0v) is 25.5. The molecule has 1 heterocycles. The number of ether oxygens (including phenoxy) is 3. The van der Waals surface area contributed by atoms with Crippen LogP contribution in [0.5, 0.6) is 0 Å². The van der Waals surface area contributed by atoms with Gasteiger partial charge in [0, 0.05) is 30.1 Å². The molecule has 13 heteroatoms. The average Bonchev–Trinajstić information content (AvgIpc) is 3.34. The summed E-state index contributed by atoms with van der Waals surface area (Å²) in [6.45, 7) is 6.85. The van der Waals surface area contributed by atoms with Crippen LogP contribution in [0.15, 0.2) is 54.7 Å². The van der Waals surface area contributed by atoms with Crippen LogP contribution in [0.2, 0.25) is 0 Å². The van der Waals surface area contributed by atoms with Crippen LogP contribution in [0.25, 0.3) is 10.9 Å². The predicted octanol–water partition coefficient (Wildman–Crippen LogP) is 5.02. The van der Waals surface area contributed by atoms with E-state index in [-0.39, 0.29) is 25.1 Å². The number of nitro benzene ring substituents is 1. The van der Waals surface area contributed by atoms with Gasteiger partial charge in [0.1, 0.15) is 24.3 Å². The summed E-state index contributed by atoms with van der Waals surface area (Å²) in [5.74, 6) is -1.34. The van der Waals surface area contributed by atoms with Crippen molar-refractivity contribution < 1.29 is 38.3 Å². The standard InChI is InChI=1S/C31H38N4O9/c1-6-7-11-24(28(37)43-19-20-13-15-22(16-14-20)35(40)41)32-27(36)25(33-29(38)44-31(2,3)4)17-21-18-34(30(39)42-5)26-12-9-8-10-23(21)26/h8-10,12-16,18,24-25H,6-7,11,17,19H2,1-5H3,(H,32,36)(H,33,38). The summed E-state index contributed by atoms with van der Waals surface area (Å²) in [7, 11) is 1.26. The number of para-hydroxylation sites is 1. The van der Waals surface area contributed by atoms with E-state index in [1.54, 1.807) is 51.2 Å². The molecule has 1 aromatic heterocycles. The highest BCUT2D eigenvalue weighted by Crippen LogP contribution is 2.23. The molecule has 3 aromatic rings. The number of aromatic nitrogens is 1. The van der Waals surface area contributed by atoms with E-state index in [9.17, 15) is 29.3 Å². The predicted molar refractivity (Wildman–Crippen MR) is 161 cm³/mol. The van der Waals surface area contributed by atoms with Crippen LogP contribution in [-0.4, -0.2) is 58.3 Å². The molecule has 2 amide bonds. The summed E-state index contributed by atoms with van der Waals surface area (Å²) in [6.07, 6.45) is 1.68. The number of nitrogens with one attached hydrogen (secondary N) is 2. The van der Waals surface area contributed by atoms with Crippen LogP contribution in [-0.2, 0) is 36.8 Å². The molecule has 0 aliphatic rings. The van der Waals surface area contributed by atoms with Crippen LogP contribution >= 0.6 is 0 Å². The number of alkyl carbamates (subject to hydrolysis) is 1. The molecule has 0 bridgehead atoms. The first-order valence-electron chi connectivity index (χ1n) is 14.2. The van der Waals surface area contributed by atoms with Crippen molar-refractivity contribution >= 4 is 40.7 Å². The van der Waals surface area contributed by atoms with Gasteiger partial charge < -0.3 is 24.8 Å². The molecule has 236 valence electrons. The summed E-state index contributed by atoms with van der Waals surface area (Å²) in [6, 6.07) is 10.4. The van der Waals surface area contributed by atoms with Gasteiger partial charge in [0.25, 0.3) is 5.69 Å². The smallest absolute Gasteiger partial charge is 0.418 e. The van der Waals surface area contributed by atoms with Gasteiger partial charge >= 0.3 is 18.2 Å². The third-order valence-corrected chi connectivity index (χ3v) is 6.57. The molecule has 0 aliphatic heterocycles. The third kappa shape index (κ3) is 9.28. The first-order chi connectivity index (χ1) is 20.8. The van der Waals surface area contributed by atoms with E-state index in [1.807, 2.05) is 6.92 Å². The van der Waals surface area contributed by atoms with Gasteiger partial charge in [0.2, 0.25) is 5.91 Å². The molecule has 2 N–H and O–H groups in total. The van der Waals surface area contributed by atoms with E-state index in [0.29, 0.717) is 28.5 Å². The summed E-state index contributed by atoms with van der Waals surface area (Å²) in [5, 5.41) is 16.9. The van der Waals surface area contributed by atoms with Crippen LogP contribution < -0.4 is 10.6 Å². The first kappa shape index (κ1) is 33.6. The van der Waals surface area contributed by atoms with Crippen molar-refractivity contribution in [2.45, 2.75) is 77.7 Å². The van der Waals surface area contributed by atoms with Crippen LogP contribution in [0.1, 0.15) is 58.1 Å². The molecule has 2 atom stereocenters. The van der Waals surface area contributed by atoms with Gasteiger partial charge in [-0.05, 0) is 56.5 Å². The van der Waals surface area contributed by atoms with Gasteiger partial charge in [-0.15, -0.1) is 0 Å². The van der Waals surface area contributed by atoms with Crippen LogP contribution in [0.3, 0.4) is 0 Å². The van der Waals surface area contributed by atoms with E-state index < -0.39 is 46.7 Å². The highest BCUT2D eigenvalue weighted by Gasteiger charge is 2.30. The number of unbranched alkanes of at least 4 members (excludes halogenated alkanes) is 1. The Hall–Kier alpha value is -4.94. The van der Waals surface area contributed by atoms with Crippen molar-refractivity contribution in [2.24, 2.45) is 0 Å². The Morgan fingerprint density at radius 3 is 2.30 bits per heavy atom. The molecule has 0 saturated heterocycles. The van der Waals surface area contributed by atoms with Gasteiger partial charge in [0.15, 0.2) is 0 Å². The minimum absolute atomic E-state index is 0.0338. The SMILES string of the molecule is CCCCC(NC(=O)C(Cc1cn(C(=O)OC)c2ccccc12)NC(=O)OC(C)(C)C)C(=O)OCc1ccc([N+](=O)[O-])cc1. The number of nitrogens with zero attached hydrogens (tertiary/aromatic N) is 2. The molecule has 3 rings (SSSR count). The number of hydrogen-bond acceptors (Lipinski definition) is 9. The second kappa shape index (κ2) is 15.0. The van der Waals surface area contributed by atoms with Gasteiger partial charge in [-0.1, -0.05) is 38.0 Å². The fourth-order valence-corrected chi connectivity index (χ4v) is 4.44. The molecule has 2 unspecified atom stereocenters. The minimum atomic E-state index is -1.19. The minimum Gasteiger partial charge on any atom is -0.459 e. The summed E-state index contributed by atoms with van der Waals surface area (Å²) in [5.41, 5.74) is 0.744. The van der Waals surface area contributed by atoms with E-state index in [0.717, 1.165) is 6.42 Å². The molecule has 2 aromatic carbocycles. The maximum Gasteiger partial charge on any atom is 0.418 e. The number of rotatable bonds is 12. The lowest BCUT2D eigenvalue weighted by molar-refractivity contribution is -0.384. The summed E-state index contributed by atoms with van der Waals surface area (Å²) >= 11 is 0. The van der Waals surface area contributed by atoms with Crippen molar-refractivity contribution in [1.82, 2.24) is 15.2 Å². The Labute approximate surface area is 255 Å². The maximum absolute atomic E-state index is 13.7. The molecule has 44 heavy (non-hydrogen) atoms. The van der Waals surface area contributed by atoms with E-state index in [1.165, 1.54) is 35.9 Å². The molecule has 0 saturated carbocycles. The Morgan fingerprint density at radius 2 is 1.68 bits per heavy atom. The zero-order chi connectivity index (χ0) is 32.4. The largest absolute Gasteiger partial charge is 0.459 e. The van der Waals surface area contributed by atoms with Gasteiger partial charge in [-0.3, -0.25) is 19.5 Å². The Balaban J connectivity index is 1.84. The van der Waals surface area contributed by atoms with Gasteiger partial charge in [-0.2, -0.15) is 0 Å². The van der Waals surface area contributed by atoms with E-state index in [4.69, 9.17) is 14.2 Å². The van der Waals surface area contributed by atoms with Crippen molar-refractivity contribution in [3.8, 4) is 0 Å². The van der Waals surface area contributed by atoms with Crippen molar-refractivity contribution in [1.29, 1.82) is 0 Å². The maximum atomic E-state index is 13.7. The molecule has 0 aliphatic carbocycles. The van der Waals surface area contributed by atoms with Crippen LogP contribution in [0.4, 0.5) is 15.3 Å². The Kier molecular flexibility index (Phi) is 11.4. The summed E-state index contributed by atoms with van der Waals surface area (Å²) in [4.78, 5) is 62.4. The van der Waals surface area contributed by atoms with Crippen molar-refractivity contribution in [3.63, 3.8) is 0 Å². The number of benzene rings is 2. The quantitative estimate of drug-likeness (QED) is 0.124. The third-order valence-electron chi connectivity index (χ3n) is 6.57. The number of amides is 2. The number of hydrogen-bond donors (Lipinski definition) is 2. The number of esters is 1. The van der Waals surface area contributed by atoms with E-state index in [2.05, 4.69) is 10.6 Å². The zero-order valence-electron chi connectivity index (χ0n) is 25.5. The Bertz CT molecular complexity index is 1490. The number of nitro groups is 1. The van der Waals surface area contributed by atoms with Crippen molar-refractivity contribution in [2.75, 3.05) is 7.11 Å². The highest BCUT2D eigenvalue weighted by atomic mass is 16.6. The van der Waals surface area contributed by atoms with Gasteiger partial charge in [0.05, 0.1) is 17.5 Å². The number of methoxy groups -OCH3 is 1. The average molecular weight is 611 g/mol. The fraction of sp³-hybridized carbons (Fsp3) is 0.419. The molecule has 0 spiro atoms. The lowest BCUT2D eigenvalue weighted by Crippen LogP contribution is -2.53. The molecule has 0 radical (unpaired) electrons. The normalized spacial score (nSPS) is 12.6. The fourth-order valence-electron chi connectivity index (χ4n) is 4.44. The number of carbonyl (C=O) groups is 4. The monoisotopic (exact) mass is 610 g/mol. The number of non-ortho nitro benzene ring substituents is 1. The molecule has 13 nitrogen and oxygen atoms in total. The second-order valence-corrected chi connectivity index (χ2v) is 11.1. The molecular formula is C31H38N4O9. The highest BCUT2D eigenvalue weighted by molar-refractivity contribution is 5.94. The van der Waals surface area contributed by atoms with E-state index >= 15 is 0 Å². The summed E-state index contributed by atoms with van der Waals surface area (Å²) < 4.78 is 17.0. The number of fused-ring (bicyclic) bond motifs is 1. The lowest BCUT2D eigenvalue weighted by Gasteiger charge is -2.25. The van der Waals surface area contributed by atoms with Crippen molar-refractivity contribution in [3.05, 3.63) is 76.0 Å². The Morgan fingerprint density at radius 1 is 1.00 bits per heavy atom. The first-order valence-corrected chi connectivity index (χ1v) is 14.2. The topological polar surface area (TPSA) is 168 Å². The lowest BCUT2D eigenvalue weighted by atomic mass is 10.0. The number of carbonyl (C=O) groups excluding carboxylic acids is 4. The second-order valence-electron chi connectivity index (χ2n) is 11.1. The molecule has 0 fully saturated rings. The van der Waals surface area contributed by atoms with Crippen LogP contribution in [0, 0.1) is 10.1 Å². The molecular weight excluding hydrogens is 572 g/mol. The van der Waals surface area contributed by atoms with Gasteiger partial charge in [-0.25, -0.2) is 14.4 Å².